The van der Waals surface area contributed by atoms with E-state index in [1.165, 1.54) is 25.8 Å². The van der Waals surface area contributed by atoms with E-state index in [9.17, 15) is 0 Å². The van der Waals surface area contributed by atoms with E-state index in [2.05, 4.69) is 27.9 Å². The summed E-state index contributed by atoms with van der Waals surface area (Å²) in [4.78, 5) is 2.44. The number of rotatable bonds is 7. The molecule has 1 fully saturated rings. The van der Waals surface area contributed by atoms with Crippen molar-refractivity contribution in [1.29, 1.82) is 0 Å². The molecule has 1 aliphatic carbocycles. The Kier molecular flexibility index (Phi) is 5.42. The monoisotopic (exact) mass is 263 g/mol. The van der Waals surface area contributed by atoms with Crippen LogP contribution in [0.1, 0.15) is 25.7 Å². The molecule has 14 heavy (non-hydrogen) atoms. The van der Waals surface area contributed by atoms with Crippen molar-refractivity contribution in [3.05, 3.63) is 0 Å². The van der Waals surface area contributed by atoms with E-state index in [0.29, 0.717) is 5.41 Å². The molecule has 0 aromatic rings. The minimum Gasteiger partial charge on any atom is -0.385 e. The maximum atomic E-state index is 5.05. The molecule has 0 saturated heterocycles. The first-order valence-electron chi connectivity index (χ1n) is 5.46. The summed E-state index contributed by atoms with van der Waals surface area (Å²) in [7, 11) is 3.99. The average molecular weight is 264 g/mol. The second kappa shape index (κ2) is 6.09. The smallest absolute Gasteiger partial charge is 0.0474 e. The molecule has 1 rings (SSSR count). The molecule has 0 spiro atoms. The molecule has 84 valence electrons. The molecular formula is C11H22BrNO. The summed E-state index contributed by atoms with van der Waals surface area (Å²) >= 11 is 3.64. The summed E-state index contributed by atoms with van der Waals surface area (Å²) in [5.74, 6) is 0. The van der Waals surface area contributed by atoms with Crippen molar-refractivity contribution in [2.24, 2.45) is 5.41 Å². The topological polar surface area (TPSA) is 12.5 Å². The molecule has 0 amide bonds. The van der Waals surface area contributed by atoms with Gasteiger partial charge in [-0.05, 0) is 31.7 Å². The van der Waals surface area contributed by atoms with Crippen LogP contribution in [0, 0.1) is 5.41 Å². The van der Waals surface area contributed by atoms with E-state index >= 15 is 0 Å². The quantitative estimate of drug-likeness (QED) is 0.517. The summed E-state index contributed by atoms with van der Waals surface area (Å²) in [6, 6.07) is 0. The van der Waals surface area contributed by atoms with Crippen LogP contribution in [0.4, 0.5) is 0 Å². The van der Waals surface area contributed by atoms with Crippen molar-refractivity contribution in [3.8, 4) is 0 Å². The van der Waals surface area contributed by atoms with E-state index in [1.54, 1.807) is 7.11 Å². The number of methoxy groups -OCH3 is 1. The fourth-order valence-corrected chi connectivity index (χ4v) is 2.88. The summed E-state index contributed by atoms with van der Waals surface area (Å²) < 4.78 is 5.05. The van der Waals surface area contributed by atoms with Gasteiger partial charge in [0.25, 0.3) is 0 Å². The molecule has 0 aromatic carbocycles. The van der Waals surface area contributed by atoms with Gasteiger partial charge in [0.1, 0.15) is 0 Å². The minimum atomic E-state index is 0.585. The second-order valence-electron chi connectivity index (χ2n) is 4.57. The molecule has 0 bridgehead atoms. The van der Waals surface area contributed by atoms with Gasteiger partial charge in [0.2, 0.25) is 0 Å². The van der Waals surface area contributed by atoms with Crippen LogP contribution in [0.25, 0.3) is 0 Å². The molecule has 0 aromatic heterocycles. The first-order valence-corrected chi connectivity index (χ1v) is 6.58. The normalized spacial score (nSPS) is 19.7. The SMILES string of the molecule is COCCCN(C)CC1(CBr)CCC1. The predicted molar refractivity (Wildman–Crippen MR) is 64.1 cm³/mol. The molecule has 1 saturated carbocycles. The molecule has 0 aliphatic heterocycles. The van der Waals surface area contributed by atoms with Gasteiger partial charge in [0.15, 0.2) is 0 Å². The Bertz CT molecular complexity index is 154. The van der Waals surface area contributed by atoms with Crippen LogP contribution >= 0.6 is 15.9 Å². The lowest BCUT2D eigenvalue weighted by molar-refractivity contribution is 0.0981. The van der Waals surface area contributed by atoms with Gasteiger partial charge in [-0.2, -0.15) is 0 Å². The molecule has 0 unspecified atom stereocenters. The first kappa shape index (κ1) is 12.5. The largest absolute Gasteiger partial charge is 0.385 e. The van der Waals surface area contributed by atoms with Crippen LogP contribution in [0.15, 0.2) is 0 Å². The summed E-state index contributed by atoms with van der Waals surface area (Å²) in [6.45, 7) is 3.27. The standard InChI is InChI=1S/C11H22BrNO/c1-13(7-4-8-14-2)10-11(9-12)5-3-6-11/h3-10H2,1-2H3. The zero-order valence-electron chi connectivity index (χ0n) is 9.39. The van der Waals surface area contributed by atoms with Gasteiger partial charge >= 0.3 is 0 Å². The Balaban J connectivity index is 2.15. The van der Waals surface area contributed by atoms with Gasteiger partial charge in [-0.25, -0.2) is 0 Å². The van der Waals surface area contributed by atoms with E-state index in [1.807, 2.05) is 0 Å². The molecule has 1 aliphatic rings. The molecular weight excluding hydrogens is 242 g/mol. The lowest BCUT2D eigenvalue weighted by Crippen LogP contribution is -2.42. The number of hydrogen-bond acceptors (Lipinski definition) is 2. The number of nitrogens with zero attached hydrogens (tertiary/aromatic N) is 1. The van der Waals surface area contributed by atoms with Gasteiger partial charge in [-0.1, -0.05) is 22.4 Å². The van der Waals surface area contributed by atoms with Gasteiger partial charge in [0.05, 0.1) is 0 Å². The van der Waals surface area contributed by atoms with Gasteiger partial charge in [0, 0.05) is 32.1 Å². The van der Waals surface area contributed by atoms with Gasteiger partial charge < -0.3 is 9.64 Å². The zero-order chi connectivity index (χ0) is 10.4. The molecule has 0 atom stereocenters. The Labute approximate surface area is 96.1 Å². The van der Waals surface area contributed by atoms with Crippen LogP contribution in [0.2, 0.25) is 0 Å². The van der Waals surface area contributed by atoms with Crippen LogP contribution in [-0.2, 0) is 4.74 Å². The maximum absolute atomic E-state index is 5.05. The lowest BCUT2D eigenvalue weighted by atomic mass is 9.70. The third-order valence-electron chi connectivity index (χ3n) is 3.19. The predicted octanol–water partition coefficient (Wildman–Crippen LogP) is 2.52. The van der Waals surface area contributed by atoms with Crippen molar-refractivity contribution in [3.63, 3.8) is 0 Å². The van der Waals surface area contributed by atoms with Crippen molar-refractivity contribution in [1.82, 2.24) is 4.90 Å². The summed E-state index contributed by atoms with van der Waals surface area (Å²) in [5.41, 5.74) is 0.585. The lowest BCUT2D eigenvalue weighted by Gasteiger charge is -2.43. The van der Waals surface area contributed by atoms with E-state index < -0.39 is 0 Å². The molecule has 0 heterocycles. The maximum Gasteiger partial charge on any atom is 0.0474 e. The zero-order valence-corrected chi connectivity index (χ0v) is 11.0. The molecule has 3 heteroatoms. The van der Waals surface area contributed by atoms with Crippen molar-refractivity contribution >= 4 is 15.9 Å². The van der Waals surface area contributed by atoms with Crippen molar-refractivity contribution in [2.45, 2.75) is 25.7 Å². The first-order chi connectivity index (χ1) is 6.72. The average Bonchev–Trinajstić information content (AvgIpc) is 2.12. The summed E-state index contributed by atoms with van der Waals surface area (Å²) in [6.07, 6.45) is 5.35. The van der Waals surface area contributed by atoms with E-state index in [-0.39, 0.29) is 0 Å². The molecule has 0 radical (unpaired) electrons. The van der Waals surface area contributed by atoms with Crippen LogP contribution in [-0.4, -0.2) is 44.1 Å². The number of hydrogen-bond donors (Lipinski definition) is 0. The van der Waals surface area contributed by atoms with Gasteiger partial charge in [-0.15, -0.1) is 0 Å². The number of alkyl halides is 1. The number of halogens is 1. The van der Waals surface area contributed by atoms with E-state index in [4.69, 9.17) is 4.74 Å². The van der Waals surface area contributed by atoms with Gasteiger partial charge in [-0.3, -0.25) is 0 Å². The van der Waals surface area contributed by atoms with Crippen LogP contribution in [0.5, 0.6) is 0 Å². The Hall–Kier alpha value is 0.400. The highest BCUT2D eigenvalue weighted by Gasteiger charge is 2.36. The third-order valence-corrected chi connectivity index (χ3v) is 4.38. The Morgan fingerprint density at radius 2 is 2.14 bits per heavy atom. The van der Waals surface area contributed by atoms with Crippen molar-refractivity contribution < 1.29 is 4.74 Å². The fraction of sp³-hybridized carbons (Fsp3) is 1.00. The Morgan fingerprint density at radius 3 is 2.57 bits per heavy atom. The number of ether oxygens (including phenoxy) is 1. The van der Waals surface area contributed by atoms with Crippen molar-refractivity contribution in [2.75, 3.05) is 39.2 Å². The Morgan fingerprint density at radius 1 is 1.43 bits per heavy atom. The molecule has 0 N–H and O–H groups in total. The highest BCUT2D eigenvalue weighted by molar-refractivity contribution is 9.09. The highest BCUT2D eigenvalue weighted by Crippen LogP contribution is 2.42. The van der Waals surface area contributed by atoms with Crippen LogP contribution < -0.4 is 0 Å². The molecule has 2 nitrogen and oxygen atoms in total. The third kappa shape index (κ3) is 3.52. The van der Waals surface area contributed by atoms with E-state index in [0.717, 1.165) is 24.9 Å². The second-order valence-corrected chi connectivity index (χ2v) is 5.13. The highest BCUT2D eigenvalue weighted by atomic mass is 79.9. The fourth-order valence-electron chi connectivity index (χ4n) is 2.14. The minimum absolute atomic E-state index is 0.585. The summed E-state index contributed by atoms with van der Waals surface area (Å²) in [5, 5.41) is 1.16. The van der Waals surface area contributed by atoms with Crippen LogP contribution in [0.3, 0.4) is 0 Å².